The van der Waals surface area contributed by atoms with Gasteiger partial charge in [0.15, 0.2) is 0 Å². The van der Waals surface area contributed by atoms with Crippen molar-refractivity contribution >= 4 is 5.91 Å². The number of carbonyl (C=O) groups is 1. The monoisotopic (exact) mass is 224 g/mol. The van der Waals surface area contributed by atoms with Crippen LogP contribution in [0.3, 0.4) is 0 Å². The van der Waals surface area contributed by atoms with Crippen molar-refractivity contribution in [3.63, 3.8) is 0 Å². The molecule has 1 aromatic heterocycles. The Labute approximate surface area is 94.0 Å². The lowest BCUT2D eigenvalue weighted by molar-refractivity contribution is -0.121. The Balaban J connectivity index is 1.60. The summed E-state index contributed by atoms with van der Waals surface area (Å²) in [5.74, 6) is 0.0333. The molecular formula is C10H16N4O2. The van der Waals surface area contributed by atoms with E-state index in [0.717, 1.165) is 19.4 Å². The zero-order valence-electron chi connectivity index (χ0n) is 9.13. The van der Waals surface area contributed by atoms with Gasteiger partial charge in [-0.05, 0) is 12.8 Å². The molecular weight excluding hydrogens is 208 g/mol. The molecule has 2 rings (SSSR count). The summed E-state index contributed by atoms with van der Waals surface area (Å²) in [5.41, 5.74) is 0. The van der Waals surface area contributed by atoms with Crippen LogP contribution < -0.4 is 5.32 Å². The van der Waals surface area contributed by atoms with Gasteiger partial charge in [-0.15, -0.1) is 0 Å². The third-order valence-electron chi connectivity index (χ3n) is 2.59. The quantitative estimate of drug-likeness (QED) is 0.762. The largest absolute Gasteiger partial charge is 0.376 e. The second kappa shape index (κ2) is 5.60. The molecule has 1 aromatic rings. The smallest absolute Gasteiger partial charge is 0.221 e. The van der Waals surface area contributed by atoms with Crippen LogP contribution >= 0.6 is 0 Å². The van der Waals surface area contributed by atoms with Crippen LogP contribution in [0.5, 0.6) is 0 Å². The summed E-state index contributed by atoms with van der Waals surface area (Å²) in [6.45, 7) is 2.01. The molecule has 16 heavy (non-hydrogen) atoms. The van der Waals surface area contributed by atoms with Crippen molar-refractivity contribution in [2.24, 2.45) is 0 Å². The van der Waals surface area contributed by atoms with Crippen LogP contribution in [0, 0.1) is 0 Å². The number of carbonyl (C=O) groups excluding carboxylic acids is 1. The maximum absolute atomic E-state index is 11.5. The van der Waals surface area contributed by atoms with Gasteiger partial charge in [0.25, 0.3) is 0 Å². The molecule has 1 aliphatic heterocycles. The van der Waals surface area contributed by atoms with E-state index in [4.69, 9.17) is 4.74 Å². The van der Waals surface area contributed by atoms with Gasteiger partial charge in [-0.1, -0.05) is 0 Å². The number of nitrogens with one attached hydrogen (secondary N) is 1. The van der Waals surface area contributed by atoms with E-state index in [1.54, 1.807) is 11.0 Å². The molecule has 0 aromatic carbocycles. The minimum atomic E-state index is 0.0333. The number of aryl methyl sites for hydroxylation is 1. The Bertz CT molecular complexity index is 320. The minimum Gasteiger partial charge on any atom is -0.376 e. The number of aromatic nitrogens is 3. The van der Waals surface area contributed by atoms with E-state index in [1.165, 1.54) is 6.33 Å². The van der Waals surface area contributed by atoms with Gasteiger partial charge in [-0.2, -0.15) is 5.10 Å². The van der Waals surface area contributed by atoms with Crippen LogP contribution in [0.1, 0.15) is 19.3 Å². The first kappa shape index (κ1) is 11.1. The van der Waals surface area contributed by atoms with Gasteiger partial charge in [-0.25, -0.2) is 4.98 Å². The fraction of sp³-hybridized carbons (Fsp3) is 0.700. The predicted octanol–water partition coefficient (Wildman–Crippen LogP) is -0.0366. The highest BCUT2D eigenvalue weighted by atomic mass is 16.5. The standard InChI is InChI=1S/C10H16N4O2/c15-10(3-4-14-8-11-7-13-14)12-6-9-2-1-5-16-9/h7-9H,1-6H2,(H,12,15)/t9-/m1/s1. The molecule has 1 aliphatic rings. The zero-order valence-corrected chi connectivity index (χ0v) is 9.13. The normalized spacial score (nSPS) is 19.9. The van der Waals surface area contributed by atoms with Crippen molar-refractivity contribution in [1.29, 1.82) is 0 Å². The Morgan fingerprint density at radius 2 is 2.56 bits per heavy atom. The highest BCUT2D eigenvalue weighted by molar-refractivity contribution is 5.75. The molecule has 0 unspecified atom stereocenters. The van der Waals surface area contributed by atoms with Crippen molar-refractivity contribution in [3.05, 3.63) is 12.7 Å². The molecule has 0 bridgehead atoms. The number of hydrogen-bond acceptors (Lipinski definition) is 4. The first-order valence-corrected chi connectivity index (χ1v) is 5.55. The lowest BCUT2D eigenvalue weighted by atomic mass is 10.2. The topological polar surface area (TPSA) is 69.0 Å². The first-order chi connectivity index (χ1) is 7.84. The average molecular weight is 224 g/mol. The Morgan fingerprint density at radius 3 is 3.25 bits per heavy atom. The van der Waals surface area contributed by atoms with Crippen LogP contribution in [0.25, 0.3) is 0 Å². The maximum Gasteiger partial charge on any atom is 0.221 e. The van der Waals surface area contributed by atoms with Crippen molar-refractivity contribution in [2.75, 3.05) is 13.2 Å². The second-order valence-corrected chi connectivity index (χ2v) is 3.85. The molecule has 88 valence electrons. The molecule has 0 spiro atoms. The summed E-state index contributed by atoms with van der Waals surface area (Å²) in [4.78, 5) is 15.3. The molecule has 1 amide bonds. The molecule has 1 saturated heterocycles. The summed E-state index contributed by atoms with van der Waals surface area (Å²) in [6, 6.07) is 0. The Morgan fingerprint density at radius 1 is 1.62 bits per heavy atom. The van der Waals surface area contributed by atoms with E-state index in [0.29, 0.717) is 19.5 Å². The molecule has 6 heteroatoms. The van der Waals surface area contributed by atoms with Crippen LogP contribution in [-0.2, 0) is 16.1 Å². The van der Waals surface area contributed by atoms with Gasteiger partial charge in [-0.3, -0.25) is 9.48 Å². The van der Waals surface area contributed by atoms with Gasteiger partial charge < -0.3 is 10.1 Å². The van der Waals surface area contributed by atoms with E-state index in [1.807, 2.05) is 0 Å². The molecule has 2 heterocycles. The molecule has 1 atom stereocenters. The molecule has 6 nitrogen and oxygen atoms in total. The van der Waals surface area contributed by atoms with Gasteiger partial charge in [0.2, 0.25) is 5.91 Å². The van der Waals surface area contributed by atoms with E-state index >= 15 is 0 Å². The number of ether oxygens (including phenoxy) is 1. The summed E-state index contributed by atoms with van der Waals surface area (Å²) in [6.07, 6.45) is 5.84. The molecule has 1 N–H and O–H groups in total. The highest BCUT2D eigenvalue weighted by Crippen LogP contribution is 2.10. The van der Waals surface area contributed by atoms with Gasteiger partial charge in [0.1, 0.15) is 12.7 Å². The summed E-state index contributed by atoms with van der Waals surface area (Å²) in [7, 11) is 0. The molecule has 0 saturated carbocycles. The number of nitrogens with zero attached hydrogens (tertiary/aromatic N) is 3. The van der Waals surface area contributed by atoms with Gasteiger partial charge in [0, 0.05) is 19.6 Å². The van der Waals surface area contributed by atoms with E-state index < -0.39 is 0 Å². The van der Waals surface area contributed by atoms with Gasteiger partial charge in [0.05, 0.1) is 12.6 Å². The third kappa shape index (κ3) is 3.30. The van der Waals surface area contributed by atoms with Crippen molar-refractivity contribution < 1.29 is 9.53 Å². The van der Waals surface area contributed by atoms with Crippen LogP contribution in [0.15, 0.2) is 12.7 Å². The first-order valence-electron chi connectivity index (χ1n) is 5.55. The van der Waals surface area contributed by atoms with Crippen molar-refractivity contribution in [2.45, 2.75) is 31.9 Å². The fourth-order valence-corrected chi connectivity index (χ4v) is 1.69. The lowest BCUT2D eigenvalue weighted by Crippen LogP contribution is -2.32. The molecule has 1 fully saturated rings. The van der Waals surface area contributed by atoms with Gasteiger partial charge >= 0.3 is 0 Å². The SMILES string of the molecule is O=C(CCn1cncn1)NC[C@H]1CCCO1. The van der Waals surface area contributed by atoms with E-state index in [-0.39, 0.29) is 12.0 Å². The van der Waals surface area contributed by atoms with Crippen molar-refractivity contribution in [3.8, 4) is 0 Å². The maximum atomic E-state index is 11.5. The second-order valence-electron chi connectivity index (χ2n) is 3.85. The number of rotatable bonds is 5. The highest BCUT2D eigenvalue weighted by Gasteiger charge is 2.15. The molecule has 0 aliphatic carbocycles. The molecule has 0 radical (unpaired) electrons. The third-order valence-corrected chi connectivity index (χ3v) is 2.59. The summed E-state index contributed by atoms with van der Waals surface area (Å²) >= 11 is 0. The average Bonchev–Trinajstić information content (AvgIpc) is 2.96. The van der Waals surface area contributed by atoms with E-state index in [9.17, 15) is 4.79 Å². The predicted molar refractivity (Wildman–Crippen MR) is 56.6 cm³/mol. The minimum absolute atomic E-state index is 0.0333. The van der Waals surface area contributed by atoms with Crippen LogP contribution in [-0.4, -0.2) is 39.9 Å². The summed E-state index contributed by atoms with van der Waals surface area (Å²) in [5, 5.41) is 6.79. The van der Waals surface area contributed by atoms with Crippen LogP contribution in [0.2, 0.25) is 0 Å². The Hall–Kier alpha value is -1.43. The number of hydrogen-bond donors (Lipinski definition) is 1. The van der Waals surface area contributed by atoms with E-state index in [2.05, 4.69) is 15.4 Å². The summed E-state index contributed by atoms with van der Waals surface area (Å²) < 4.78 is 7.06. The van der Waals surface area contributed by atoms with Crippen molar-refractivity contribution in [1.82, 2.24) is 20.1 Å². The lowest BCUT2D eigenvalue weighted by Gasteiger charge is -2.10. The fourth-order valence-electron chi connectivity index (χ4n) is 1.69. The zero-order chi connectivity index (χ0) is 11.2. The number of amides is 1. The van der Waals surface area contributed by atoms with Crippen LogP contribution in [0.4, 0.5) is 0 Å². The Kier molecular flexibility index (Phi) is 3.87.